The molecule has 5 rings (SSSR count). The van der Waals surface area contributed by atoms with Crippen molar-refractivity contribution in [3.05, 3.63) is 144 Å². The molecule has 5 aromatic rings. The lowest BCUT2D eigenvalue weighted by Gasteiger charge is -2.14. The lowest BCUT2D eigenvalue weighted by molar-refractivity contribution is -0.115. The number of nitrogens with one attached hydrogen (secondary N) is 3. The van der Waals surface area contributed by atoms with Crippen molar-refractivity contribution in [2.45, 2.75) is 17.1 Å². The summed E-state index contributed by atoms with van der Waals surface area (Å²) in [6, 6.07) is 37.6. The Hall–Kier alpha value is -6.00. The number of benzene rings is 5. The molecule has 0 aromatic heterocycles. The van der Waals surface area contributed by atoms with Crippen LogP contribution in [0, 0.1) is 0 Å². The van der Waals surface area contributed by atoms with Gasteiger partial charge in [0.2, 0.25) is 5.91 Å². The highest BCUT2D eigenvalue weighted by Gasteiger charge is 2.17. The Morgan fingerprint density at radius 1 is 0.673 bits per heavy atom. The standard InChI is InChI=1S/C39H35N3O6S/c1-26(37(43)40-29-15-19-32(20-16-29)48-31-12-8-5-9-13-31)49-33-21-17-30(18-22-33)41-39(45)34(42-38(44)28-10-6-4-7-11-28)24-27-14-23-35(46-2)36(25-27)47-3/h4-26H,1-3H3,(H,40,43)(H,41,45)(H,42,44)/b34-24-. The maximum Gasteiger partial charge on any atom is 0.272 e. The van der Waals surface area contributed by atoms with E-state index in [1.807, 2.05) is 49.4 Å². The van der Waals surface area contributed by atoms with Gasteiger partial charge in [0.1, 0.15) is 17.2 Å². The van der Waals surface area contributed by atoms with Crippen LogP contribution in [-0.2, 0) is 9.59 Å². The van der Waals surface area contributed by atoms with Gasteiger partial charge in [0, 0.05) is 21.8 Å². The topological polar surface area (TPSA) is 115 Å². The molecular weight excluding hydrogens is 639 g/mol. The Morgan fingerprint density at radius 2 is 1.27 bits per heavy atom. The Bertz CT molecular complexity index is 1920. The number of para-hydroxylation sites is 1. The van der Waals surface area contributed by atoms with Crippen LogP contribution in [0.5, 0.6) is 23.0 Å². The van der Waals surface area contributed by atoms with Crippen molar-refractivity contribution >= 4 is 46.9 Å². The third-order valence-electron chi connectivity index (χ3n) is 7.14. The quantitative estimate of drug-likeness (QED) is 0.0857. The van der Waals surface area contributed by atoms with Crippen LogP contribution in [0.25, 0.3) is 6.08 Å². The minimum Gasteiger partial charge on any atom is -0.493 e. The number of carbonyl (C=O) groups excluding carboxylic acids is 3. The van der Waals surface area contributed by atoms with Crippen LogP contribution in [0.1, 0.15) is 22.8 Å². The summed E-state index contributed by atoms with van der Waals surface area (Å²) >= 11 is 1.38. The highest BCUT2D eigenvalue weighted by molar-refractivity contribution is 8.00. The van der Waals surface area contributed by atoms with Gasteiger partial charge in [-0.2, -0.15) is 0 Å². The molecule has 3 amide bonds. The zero-order chi connectivity index (χ0) is 34.6. The molecule has 0 aliphatic heterocycles. The summed E-state index contributed by atoms with van der Waals surface area (Å²) in [5.74, 6) is 1.31. The van der Waals surface area contributed by atoms with E-state index < -0.39 is 17.1 Å². The van der Waals surface area contributed by atoms with Crippen molar-refractivity contribution in [3.8, 4) is 23.0 Å². The van der Waals surface area contributed by atoms with Gasteiger partial charge < -0.3 is 30.2 Å². The van der Waals surface area contributed by atoms with Crippen molar-refractivity contribution in [3.63, 3.8) is 0 Å². The average molecular weight is 674 g/mol. The minimum absolute atomic E-state index is 0.0319. The molecule has 0 fully saturated rings. The molecule has 0 spiro atoms. The molecule has 1 unspecified atom stereocenters. The lowest BCUT2D eigenvalue weighted by Crippen LogP contribution is -2.30. The maximum absolute atomic E-state index is 13.5. The second-order valence-corrected chi connectivity index (χ2v) is 12.1. The van der Waals surface area contributed by atoms with Crippen LogP contribution >= 0.6 is 11.8 Å². The summed E-state index contributed by atoms with van der Waals surface area (Å²) in [6.45, 7) is 1.82. The molecule has 10 heteroatoms. The number of anilines is 2. The molecule has 49 heavy (non-hydrogen) atoms. The summed E-state index contributed by atoms with van der Waals surface area (Å²) in [5.41, 5.74) is 2.22. The smallest absolute Gasteiger partial charge is 0.272 e. The van der Waals surface area contributed by atoms with Gasteiger partial charge in [-0.15, -0.1) is 11.8 Å². The lowest BCUT2D eigenvalue weighted by atomic mass is 10.1. The molecule has 3 N–H and O–H groups in total. The van der Waals surface area contributed by atoms with Crippen LogP contribution in [0.4, 0.5) is 11.4 Å². The third-order valence-corrected chi connectivity index (χ3v) is 8.25. The summed E-state index contributed by atoms with van der Waals surface area (Å²) in [6.07, 6.45) is 1.56. The molecule has 0 saturated carbocycles. The maximum atomic E-state index is 13.5. The van der Waals surface area contributed by atoms with Crippen LogP contribution in [0.2, 0.25) is 0 Å². The number of hydrogen-bond donors (Lipinski definition) is 3. The second-order valence-electron chi connectivity index (χ2n) is 10.7. The summed E-state index contributed by atoms with van der Waals surface area (Å²) in [5, 5.41) is 8.12. The van der Waals surface area contributed by atoms with Crippen molar-refractivity contribution in [1.82, 2.24) is 5.32 Å². The van der Waals surface area contributed by atoms with E-state index in [0.717, 1.165) is 10.6 Å². The van der Waals surface area contributed by atoms with E-state index in [9.17, 15) is 14.4 Å². The van der Waals surface area contributed by atoms with Gasteiger partial charge >= 0.3 is 0 Å². The Kier molecular flexibility index (Phi) is 11.7. The summed E-state index contributed by atoms with van der Waals surface area (Å²) in [4.78, 5) is 40.3. The molecule has 248 valence electrons. The fourth-order valence-corrected chi connectivity index (χ4v) is 5.47. The van der Waals surface area contributed by atoms with E-state index in [0.29, 0.717) is 39.8 Å². The van der Waals surface area contributed by atoms with Gasteiger partial charge in [0.25, 0.3) is 11.8 Å². The van der Waals surface area contributed by atoms with Gasteiger partial charge in [-0.25, -0.2) is 0 Å². The van der Waals surface area contributed by atoms with E-state index in [1.165, 1.54) is 26.0 Å². The highest BCUT2D eigenvalue weighted by Crippen LogP contribution is 2.29. The predicted octanol–water partition coefficient (Wildman–Crippen LogP) is 8.03. The third kappa shape index (κ3) is 9.75. The molecule has 0 radical (unpaired) electrons. The molecule has 0 aliphatic rings. The van der Waals surface area contributed by atoms with Gasteiger partial charge in [-0.3, -0.25) is 14.4 Å². The zero-order valence-electron chi connectivity index (χ0n) is 27.1. The highest BCUT2D eigenvalue weighted by atomic mass is 32.2. The van der Waals surface area contributed by atoms with Gasteiger partial charge in [-0.05, 0) is 103 Å². The molecule has 9 nitrogen and oxygen atoms in total. The van der Waals surface area contributed by atoms with Crippen LogP contribution in [-0.4, -0.2) is 37.2 Å². The van der Waals surface area contributed by atoms with Crippen LogP contribution < -0.4 is 30.2 Å². The van der Waals surface area contributed by atoms with Crippen molar-refractivity contribution < 1.29 is 28.6 Å². The van der Waals surface area contributed by atoms with E-state index >= 15 is 0 Å². The largest absolute Gasteiger partial charge is 0.493 e. The fourth-order valence-electron chi connectivity index (χ4n) is 4.60. The van der Waals surface area contributed by atoms with Gasteiger partial charge in [0.05, 0.1) is 19.5 Å². The normalized spacial score (nSPS) is 11.5. The number of thioether (sulfide) groups is 1. The average Bonchev–Trinajstić information content (AvgIpc) is 3.13. The first-order valence-corrected chi connectivity index (χ1v) is 16.2. The van der Waals surface area contributed by atoms with Gasteiger partial charge in [0.15, 0.2) is 11.5 Å². The second kappa shape index (κ2) is 16.7. The molecule has 0 saturated heterocycles. The molecule has 0 heterocycles. The van der Waals surface area contributed by atoms with Crippen LogP contribution in [0.3, 0.4) is 0 Å². The zero-order valence-corrected chi connectivity index (χ0v) is 28.0. The Labute approximate surface area is 289 Å². The van der Waals surface area contributed by atoms with Gasteiger partial charge in [-0.1, -0.05) is 42.5 Å². The number of amides is 3. The summed E-state index contributed by atoms with van der Waals surface area (Å²) in [7, 11) is 3.06. The number of ether oxygens (including phenoxy) is 3. The number of hydrogen-bond acceptors (Lipinski definition) is 7. The monoisotopic (exact) mass is 673 g/mol. The first-order chi connectivity index (χ1) is 23.8. The first-order valence-electron chi connectivity index (χ1n) is 15.3. The Balaban J connectivity index is 1.21. The van der Waals surface area contributed by atoms with Crippen molar-refractivity contribution in [2.24, 2.45) is 0 Å². The van der Waals surface area contributed by atoms with E-state index in [4.69, 9.17) is 14.2 Å². The molecule has 5 aromatic carbocycles. The Morgan fingerprint density at radius 3 is 1.92 bits per heavy atom. The molecule has 0 aliphatic carbocycles. The predicted molar refractivity (Wildman–Crippen MR) is 193 cm³/mol. The number of rotatable bonds is 13. The molecule has 1 atom stereocenters. The van der Waals surface area contributed by atoms with E-state index in [-0.39, 0.29) is 11.6 Å². The molecular formula is C39H35N3O6S. The first kappa shape index (κ1) is 34.3. The number of carbonyl (C=O) groups is 3. The van der Waals surface area contributed by atoms with E-state index in [2.05, 4.69) is 16.0 Å². The van der Waals surface area contributed by atoms with Crippen LogP contribution in [0.15, 0.2) is 138 Å². The van der Waals surface area contributed by atoms with Crippen molar-refractivity contribution in [2.75, 3.05) is 24.9 Å². The SMILES string of the molecule is COc1ccc(/C=C(\NC(=O)c2ccccc2)C(=O)Nc2ccc(SC(C)C(=O)Nc3ccc(Oc4ccccc4)cc3)cc2)cc1OC. The number of methoxy groups -OCH3 is 2. The van der Waals surface area contributed by atoms with Crippen molar-refractivity contribution in [1.29, 1.82) is 0 Å². The summed E-state index contributed by atoms with van der Waals surface area (Å²) < 4.78 is 16.5. The van der Waals surface area contributed by atoms with E-state index in [1.54, 1.807) is 91.0 Å². The molecule has 0 bridgehead atoms. The minimum atomic E-state index is -0.521. The fraction of sp³-hybridized carbons (Fsp3) is 0.103.